The molecule has 20 heavy (non-hydrogen) atoms. The summed E-state index contributed by atoms with van der Waals surface area (Å²) in [6.07, 6.45) is 25.8. The number of rotatable bonds is 16. The minimum absolute atomic E-state index is 1.03. The minimum atomic E-state index is 1.03. The summed E-state index contributed by atoms with van der Waals surface area (Å²) in [6.45, 7) is 2.28. The summed E-state index contributed by atoms with van der Waals surface area (Å²) >= 11 is 0. The Kier molecular flexibility index (Phi) is 17.9. The summed E-state index contributed by atoms with van der Waals surface area (Å²) in [5.74, 6) is 0. The van der Waals surface area contributed by atoms with Gasteiger partial charge in [0.05, 0.1) is 0 Å². The second kappa shape index (κ2) is 18.4. The molecule has 0 aliphatic heterocycles. The van der Waals surface area contributed by atoms with Crippen LogP contribution in [-0.2, 0) is 4.79 Å². The van der Waals surface area contributed by atoms with E-state index in [1.54, 1.807) is 6.29 Å². The van der Waals surface area contributed by atoms with Crippen molar-refractivity contribution in [2.24, 2.45) is 0 Å². The molecule has 0 aromatic heterocycles. The van der Waals surface area contributed by atoms with Crippen molar-refractivity contribution in [2.75, 3.05) is 0 Å². The molecule has 0 bridgehead atoms. The third-order valence-corrected chi connectivity index (χ3v) is 3.91. The first kappa shape index (κ1) is 19.4. The van der Waals surface area contributed by atoms with Gasteiger partial charge in [-0.3, -0.25) is 4.79 Å². The molecule has 117 valence electrons. The second-order valence-electron chi connectivity index (χ2n) is 5.91. The molecule has 0 fully saturated rings. The molecule has 0 amide bonds. The summed E-state index contributed by atoms with van der Waals surface area (Å²) in [7, 11) is 0. The summed E-state index contributed by atoms with van der Waals surface area (Å²) < 4.78 is 0. The average molecular weight is 279 g/mol. The summed E-state index contributed by atoms with van der Waals surface area (Å²) in [4.78, 5) is 9.94. The molecule has 1 radical (unpaired) electrons. The third-order valence-electron chi connectivity index (χ3n) is 3.91. The van der Waals surface area contributed by atoms with Crippen LogP contribution in [0.4, 0.5) is 0 Å². The lowest BCUT2D eigenvalue weighted by molar-refractivity contribution is 0.536. The summed E-state index contributed by atoms with van der Waals surface area (Å²) in [5.41, 5.74) is 0. The molecule has 1 nitrogen and oxygen atoms in total. The van der Waals surface area contributed by atoms with Crippen LogP contribution in [0.3, 0.4) is 0 Å². The predicted octanol–water partition coefficient (Wildman–Crippen LogP) is 6.52. The zero-order valence-corrected chi connectivity index (χ0v) is 13.7. The van der Waals surface area contributed by atoms with Crippen LogP contribution in [0.15, 0.2) is 12.2 Å². The maximum absolute atomic E-state index is 9.94. The van der Waals surface area contributed by atoms with Gasteiger partial charge in [-0.25, -0.2) is 0 Å². The van der Waals surface area contributed by atoms with Gasteiger partial charge in [-0.15, -0.1) is 0 Å². The average Bonchev–Trinajstić information content (AvgIpc) is 2.47. The van der Waals surface area contributed by atoms with Gasteiger partial charge < -0.3 is 0 Å². The van der Waals surface area contributed by atoms with Gasteiger partial charge in [-0.1, -0.05) is 96.5 Å². The van der Waals surface area contributed by atoms with Crippen molar-refractivity contribution in [1.82, 2.24) is 0 Å². The van der Waals surface area contributed by atoms with Gasteiger partial charge in [-0.05, 0) is 18.9 Å². The van der Waals surface area contributed by atoms with Crippen molar-refractivity contribution in [1.29, 1.82) is 0 Å². The maximum Gasteiger partial charge on any atom is 0.225 e. The molecular formula is C19H35O. The first-order valence-corrected chi connectivity index (χ1v) is 8.94. The standard InChI is InChI=1S/C19H35O/c1-2-3-4-5-6-7-8-9-10-11-12-13-14-15-16-17-18-19-20/h17-18H,2-16H2,1H3/b18-17+. The minimum Gasteiger partial charge on any atom is -0.286 e. The molecule has 0 atom stereocenters. The molecule has 0 aliphatic rings. The molecule has 0 N–H and O–H groups in total. The van der Waals surface area contributed by atoms with E-state index in [2.05, 4.69) is 6.92 Å². The van der Waals surface area contributed by atoms with Crippen molar-refractivity contribution < 1.29 is 4.79 Å². The lowest BCUT2D eigenvalue weighted by atomic mass is 10.0. The van der Waals surface area contributed by atoms with Crippen molar-refractivity contribution in [3.8, 4) is 0 Å². The quantitative estimate of drug-likeness (QED) is 0.232. The molecule has 0 heterocycles. The third kappa shape index (κ3) is 17.4. The Balaban J connectivity index is 2.95. The Morgan fingerprint density at radius 1 is 0.650 bits per heavy atom. The number of unbranched alkanes of at least 4 members (excludes halogenated alkanes) is 14. The highest BCUT2D eigenvalue weighted by molar-refractivity contribution is 5.65. The molecule has 0 aliphatic carbocycles. The Morgan fingerprint density at radius 3 is 1.45 bits per heavy atom. The van der Waals surface area contributed by atoms with E-state index in [4.69, 9.17) is 0 Å². The van der Waals surface area contributed by atoms with Gasteiger partial charge in [0.2, 0.25) is 6.29 Å². The maximum atomic E-state index is 9.94. The SMILES string of the molecule is CCCCCCCCCCCCCCCC/C=C/[C]=O. The van der Waals surface area contributed by atoms with E-state index < -0.39 is 0 Å². The molecule has 0 unspecified atom stereocenters. The fourth-order valence-electron chi connectivity index (χ4n) is 2.59. The summed E-state index contributed by atoms with van der Waals surface area (Å²) in [5, 5.41) is 0. The van der Waals surface area contributed by atoms with E-state index in [1.165, 1.54) is 96.0 Å². The van der Waals surface area contributed by atoms with Crippen molar-refractivity contribution >= 4 is 6.29 Å². The van der Waals surface area contributed by atoms with Crippen LogP contribution in [0, 0.1) is 0 Å². The fraction of sp³-hybridized carbons (Fsp3) is 0.842. The zero-order valence-electron chi connectivity index (χ0n) is 13.7. The molecule has 0 rings (SSSR count). The van der Waals surface area contributed by atoms with Crippen LogP contribution in [-0.4, -0.2) is 6.29 Å². The van der Waals surface area contributed by atoms with Crippen molar-refractivity contribution in [2.45, 2.75) is 103 Å². The fourth-order valence-corrected chi connectivity index (χ4v) is 2.59. The molecule has 1 heteroatoms. The van der Waals surface area contributed by atoms with Crippen molar-refractivity contribution in [3.05, 3.63) is 12.2 Å². The number of allylic oxidation sites excluding steroid dienone is 2. The molecule has 0 saturated carbocycles. The second-order valence-corrected chi connectivity index (χ2v) is 5.91. The van der Waals surface area contributed by atoms with Crippen molar-refractivity contribution in [3.63, 3.8) is 0 Å². The van der Waals surface area contributed by atoms with Crippen LogP contribution in [0.1, 0.15) is 103 Å². The Labute approximate surface area is 127 Å². The molecule has 0 saturated heterocycles. The smallest absolute Gasteiger partial charge is 0.225 e. The first-order chi connectivity index (χ1) is 9.91. The van der Waals surface area contributed by atoms with Gasteiger partial charge in [-0.2, -0.15) is 0 Å². The van der Waals surface area contributed by atoms with E-state index >= 15 is 0 Å². The first-order valence-electron chi connectivity index (χ1n) is 8.94. The molecule has 0 aromatic carbocycles. The molecule has 0 aromatic rings. The Morgan fingerprint density at radius 2 is 1.05 bits per heavy atom. The van der Waals surface area contributed by atoms with Gasteiger partial charge in [0, 0.05) is 0 Å². The molecule has 0 spiro atoms. The summed E-state index contributed by atoms with van der Waals surface area (Å²) in [6, 6.07) is 0. The van der Waals surface area contributed by atoms with E-state index in [9.17, 15) is 4.79 Å². The highest BCUT2D eigenvalue weighted by atomic mass is 16.1. The van der Waals surface area contributed by atoms with Gasteiger partial charge in [0.1, 0.15) is 0 Å². The lowest BCUT2D eigenvalue weighted by Crippen LogP contribution is -1.83. The van der Waals surface area contributed by atoms with Crippen LogP contribution in [0.5, 0.6) is 0 Å². The largest absolute Gasteiger partial charge is 0.286 e. The van der Waals surface area contributed by atoms with E-state index in [1.807, 2.05) is 6.08 Å². The molecular weight excluding hydrogens is 244 g/mol. The topological polar surface area (TPSA) is 17.1 Å². The van der Waals surface area contributed by atoms with Gasteiger partial charge in [0.15, 0.2) is 0 Å². The van der Waals surface area contributed by atoms with E-state index in [0.29, 0.717) is 0 Å². The number of hydrogen-bond acceptors (Lipinski definition) is 1. The number of carbonyl (C=O) groups excluding carboxylic acids is 1. The van der Waals surface area contributed by atoms with Gasteiger partial charge >= 0.3 is 0 Å². The Bertz CT molecular complexity index is 208. The zero-order chi connectivity index (χ0) is 14.7. The lowest BCUT2D eigenvalue weighted by Gasteiger charge is -2.02. The van der Waals surface area contributed by atoms with Crippen LogP contribution < -0.4 is 0 Å². The normalized spacial score (nSPS) is 11.2. The van der Waals surface area contributed by atoms with E-state index in [-0.39, 0.29) is 0 Å². The highest BCUT2D eigenvalue weighted by Crippen LogP contribution is 2.13. The van der Waals surface area contributed by atoms with Crippen LogP contribution in [0.25, 0.3) is 0 Å². The monoisotopic (exact) mass is 279 g/mol. The Hall–Kier alpha value is -0.590. The highest BCUT2D eigenvalue weighted by Gasteiger charge is 1.93. The van der Waals surface area contributed by atoms with Crippen LogP contribution >= 0.6 is 0 Å². The van der Waals surface area contributed by atoms with Crippen LogP contribution in [0.2, 0.25) is 0 Å². The predicted molar refractivity (Wildman–Crippen MR) is 89.8 cm³/mol. The van der Waals surface area contributed by atoms with Gasteiger partial charge in [0.25, 0.3) is 0 Å². The van der Waals surface area contributed by atoms with E-state index in [0.717, 1.165) is 6.42 Å². The number of hydrogen-bond donors (Lipinski definition) is 0.